The van der Waals surface area contributed by atoms with Crippen LogP contribution in [0.15, 0.2) is 59.7 Å². The smallest absolute Gasteiger partial charge is 0.308 e. The summed E-state index contributed by atoms with van der Waals surface area (Å²) < 4.78 is 4.51. The second-order valence-electron chi connectivity index (χ2n) is 4.67. The molecule has 4 nitrogen and oxygen atoms in total. The van der Waals surface area contributed by atoms with Crippen LogP contribution >= 0.6 is 11.3 Å². The third-order valence-electron chi connectivity index (χ3n) is 3.17. The molecule has 3 rings (SSSR count). The van der Waals surface area contributed by atoms with E-state index in [9.17, 15) is 9.90 Å². The van der Waals surface area contributed by atoms with Crippen molar-refractivity contribution < 1.29 is 9.67 Å². The second kappa shape index (κ2) is 5.56. The number of aliphatic hydroxyl groups is 1. The summed E-state index contributed by atoms with van der Waals surface area (Å²) in [4.78, 5) is 12.0. The molecular formula is C15H15N2O2S+. The van der Waals surface area contributed by atoms with Gasteiger partial charge in [-0.15, -0.1) is 0 Å². The van der Waals surface area contributed by atoms with Gasteiger partial charge in [-0.1, -0.05) is 29.5 Å². The summed E-state index contributed by atoms with van der Waals surface area (Å²) >= 11 is 1.22. The minimum Gasteiger partial charge on any atom is -0.385 e. The number of fused-ring (bicyclic) bond motifs is 1. The highest BCUT2D eigenvalue weighted by Gasteiger charge is 2.15. The quantitative estimate of drug-likeness (QED) is 0.738. The number of aliphatic hydroxyl groups excluding tert-OH is 1. The third-order valence-corrected chi connectivity index (χ3v) is 4.13. The zero-order valence-corrected chi connectivity index (χ0v) is 11.7. The third kappa shape index (κ3) is 2.64. The van der Waals surface area contributed by atoms with E-state index < -0.39 is 6.10 Å². The Kier molecular flexibility index (Phi) is 3.62. The molecule has 2 aromatic heterocycles. The highest BCUT2D eigenvalue weighted by atomic mass is 32.1. The highest BCUT2D eigenvalue weighted by molar-refractivity contribution is 7.16. The van der Waals surface area contributed by atoms with E-state index in [0.717, 1.165) is 10.2 Å². The number of nitrogens with zero attached hydrogens (tertiary/aromatic N) is 2. The minimum atomic E-state index is -0.599. The van der Waals surface area contributed by atoms with Crippen LogP contribution in [0, 0.1) is 0 Å². The Morgan fingerprint density at radius 1 is 1.15 bits per heavy atom. The van der Waals surface area contributed by atoms with Crippen molar-refractivity contribution in [3.05, 3.63) is 64.5 Å². The summed E-state index contributed by atoms with van der Waals surface area (Å²) in [7, 11) is 0. The van der Waals surface area contributed by atoms with Crippen molar-refractivity contribution in [1.29, 1.82) is 0 Å². The fraction of sp³-hybridized carbons (Fsp3) is 0.200. The maximum atomic E-state index is 12.0. The van der Waals surface area contributed by atoms with E-state index in [1.807, 2.05) is 59.4 Å². The molecule has 0 fully saturated rings. The van der Waals surface area contributed by atoms with Crippen LogP contribution in [0.5, 0.6) is 0 Å². The van der Waals surface area contributed by atoms with E-state index in [2.05, 4.69) is 0 Å². The standard InChI is InChI=1S/C15H15N2O2S/c18-12(10-16-8-4-1-5-9-16)11-17-13-6-2-3-7-14(13)20-15(17)19/h1-9,12,18H,10-11H2/q+1/t12-/m0/s1. The average Bonchev–Trinajstić information content (AvgIpc) is 2.76. The van der Waals surface area contributed by atoms with Crippen LogP contribution in [-0.2, 0) is 13.1 Å². The number of pyridine rings is 1. The Hall–Kier alpha value is -1.98. The maximum absolute atomic E-state index is 12.0. The second-order valence-corrected chi connectivity index (χ2v) is 5.67. The molecule has 0 saturated carbocycles. The molecular weight excluding hydrogens is 272 g/mol. The van der Waals surface area contributed by atoms with E-state index >= 15 is 0 Å². The molecule has 0 aliphatic rings. The molecule has 0 saturated heterocycles. The first kappa shape index (κ1) is 13.0. The number of aromatic nitrogens is 2. The normalized spacial score (nSPS) is 12.7. The van der Waals surface area contributed by atoms with Crippen LogP contribution in [0.25, 0.3) is 10.2 Å². The Balaban J connectivity index is 1.83. The van der Waals surface area contributed by atoms with E-state index in [0.29, 0.717) is 13.1 Å². The maximum Gasteiger partial charge on any atom is 0.308 e. The van der Waals surface area contributed by atoms with Gasteiger partial charge in [0.1, 0.15) is 6.10 Å². The van der Waals surface area contributed by atoms with E-state index in [-0.39, 0.29) is 4.87 Å². The van der Waals surface area contributed by atoms with Crippen molar-refractivity contribution in [2.24, 2.45) is 0 Å². The number of hydrogen-bond acceptors (Lipinski definition) is 3. The Morgan fingerprint density at radius 2 is 1.90 bits per heavy atom. The van der Waals surface area contributed by atoms with Crippen molar-refractivity contribution in [1.82, 2.24) is 4.57 Å². The predicted octanol–water partition coefficient (Wildman–Crippen LogP) is 1.41. The summed E-state index contributed by atoms with van der Waals surface area (Å²) in [6.45, 7) is 0.780. The lowest BCUT2D eigenvalue weighted by molar-refractivity contribution is -0.703. The molecule has 0 amide bonds. The summed E-state index contributed by atoms with van der Waals surface area (Å²) in [6, 6.07) is 13.4. The Bertz CT molecular complexity index is 764. The molecule has 0 aliphatic carbocycles. The first-order valence-electron chi connectivity index (χ1n) is 6.44. The number of thiazole rings is 1. The lowest BCUT2D eigenvalue weighted by Gasteiger charge is -2.08. The van der Waals surface area contributed by atoms with Gasteiger partial charge in [-0.2, -0.15) is 0 Å². The molecule has 5 heteroatoms. The van der Waals surface area contributed by atoms with E-state index in [4.69, 9.17) is 0 Å². The fourth-order valence-corrected chi connectivity index (χ4v) is 3.16. The summed E-state index contributed by atoms with van der Waals surface area (Å²) in [6.07, 6.45) is 3.20. The number of benzene rings is 1. The number of para-hydroxylation sites is 1. The van der Waals surface area contributed by atoms with Crippen molar-refractivity contribution >= 4 is 21.6 Å². The number of hydrogen-bond donors (Lipinski definition) is 1. The first-order chi connectivity index (χ1) is 9.74. The molecule has 1 N–H and O–H groups in total. The largest absolute Gasteiger partial charge is 0.385 e. The van der Waals surface area contributed by atoms with Crippen LogP contribution in [0.3, 0.4) is 0 Å². The van der Waals surface area contributed by atoms with Gasteiger partial charge in [0.05, 0.1) is 16.8 Å². The fourth-order valence-electron chi connectivity index (χ4n) is 2.25. The lowest BCUT2D eigenvalue weighted by atomic mass is 10.3. The van der Waals surface area contributed by atoms with E-state index in [1.54, 1.807) is 4.57 Å². The molecule has 0 bridgehead atoms. The van der Waals surface area contributed by atoms with Crippen LogP contribution in [0.4, 0.5) is 0 Å². The molecule has 102 valence electrons. The highest BCUT2D eigenvalue weighted by Crippen LogP contribution is 2.16. The van der Waals surface area contributed by atoms with Gasteiger partial charge in [0.25, 0.3) is 0 Å². The molecule has 0 spiro atoms. The topological polar surface area (TPSA) is 46.1 Å². The minimum absolute atomic E-state index is 0.0247. The molecule has 0 unspecified atom stereocenters. The first-order valence-corrected chi connectivity index (χ1v) is 7.26. The van der Waals surface area contributed by atoms with Gasteiger partial charge in [-0.3, -0.25) is 9.36 Å². The average molecular weight is 287 g/mol. The molecule has 3 aromatic rings. The van der Waals surface area contributed by atoms with Crippen molar-refractivity contribution in [2.75, 3.05) is 0 Å². The summed E-state index contributed by atoms with van der Waals surface area (Å²) in [5.74, 6) is 0. The SMILES string of the molecule is O=c1sc2ccccc2n1C[C@@H](O)C[n+]1ccccc1. The molecule has 1 aromatic carbocycles. The number of rotatable bonds is 4. The van der Waals surface area contributed by atoms with Crippen LogP contribution in [0.1, 0.15) is 0 Å². The van der Waals surface area contributed by atoms with Gasteiger partial charge < -0.3 is 5.11 Å². The summed E-state index contributed by atoms with van der Waals surface area (Å²) in [5, 5.41) is 10.2. The van der Waals surface area contributed by atoms with Crippen LogP contribution in [0.2, 0.25) is 0 Å². The molecule has 0 radical (unpaired) electrons. The molecule has 0 aliphatic heterocycles. The van der Waals surface area contributed by atoms with Crippen LogP contribution < -0.4 is 9.44 Å². The van der Waals surface area contributed by atoms with Crippen molar-refractivity contribution in [2.45, 2.75) is 19.2 Å². The summed E-state index contributed by atoms with van der Waals surface area (Å²) in [5.41, 5.74) is 0.889. The van der Waals surface area contributed by atoms with Crippen LogP contribution in [-0.4, -0.2) is 15.8 Å². The Morgan fingerprint density at radius 3 is 2.70 bits per heavy atom. The zero-order chi connectivity index (χ0) is 13.9. The van der Waals surface area contributed by atoms with Gasteiger partial charge in [0, 0.05) is 12.1 Å². The molecule has 2 heterocycles. The van der Waals surface area contributed by atoms with Gasteiger partial charge >= 0.3 is 4.87 Å². The molecule has 20 heavy (non-hydrogen) atoms. The Labute approximate surface area is 120 Å². The van der Waals surface area contributed by atoms with Crippen molar-refractivity contribution in [3.63, 3.8) is 0 Å². The monoisotopic (exact) mass is 287 g/mol. The predicted molar refractivity (Wildman–Crippen MR) is 78.7 cm³/mol. The lowest BCUT2D eigenvalue weighted by Crippen LogP contribution is -2.41. The molecule has 1 atom stereocenters. The van der Waals surface area contributed by atoms with Gasteiger partial charge in [-0.25, -0.2) is 4.57 Å². The van der Waals surface area contributed by atoms with Gasteiger partial charge in [-0.05, 0) is 12.1 Å². The van der Waals surface area contributed by atoms with Gasteiger partial charge in [0.15, 0.2) is 18.9 Å². The van der Waals surface area contributed by atoms with Crippen molar-refractivity contribution in [3.8, 4) is 0 Å². The zero-order valence-electron chi connectivity index (χ0n) is 10.8. The van der Waals surface area contributed by atoms with E-state index in [1.165, 1.54) is 11.3 Å². The van der Waals surface area contributed by atoms with Gasteiger partial charge in [0.2, 0.25) is 0 Å².